The van der Waals surface area contributed by atoms with Gasteiger partial charge in [0.25, 0.3) is 0 Å². The van der Waals surface area contributed by atoms with E-state index in [0.717, 1.165) is 38.5 Å². The Balaban J connectivity index is 3.95. The van der Waals surface area contributed by atoms with Gasteiger partial charge in [-0.1, -0.05) is 39.5 Å². The highest BCUT2D eigenvalue weighted by molar-refractivity contribution is 6.41. The monoisotopic (exact) mass is 326 g/mol. The third kappa shape index (κ3) is 8.64. The van der Waals surface area contributed by atoms with Crippen molar-refractivity contribution in [1.82, 2.24) is 0 Å². The minimum absolute atomic E-state index is 0.297. The fourth-order valence-corrected chi connectivity index (χ4v) is 1.78. The first-order chi connectivity index (χ1) is 9.54. The Morgan fingerprint density at radius 2 is 1.15 bits per heavy atom. The number of hydrogen-bond acceptors (Lipinski definition) is 4. The molecule has 0 bridgehead atoms. The van der Waals surface area contributed by atoms with Gasteiger partial charge in [-0.3, -0.25) is 9.59 Å². The predicted octanol–water partition coefficient (Wildman–Crippen LogP) is 3.67. The number of carbonyl (C=O) groups is 2. The van der Waals surface area contributed by atoms with E-state index in [1.807, 2.05) is 0 Å². The summed E-state index contributed by atoms with van der Waals surface area (Å²) in [4.78, 5) is 23.2. The molecule has 0 aliphatic heterocycles. The topological polar surface area (TPSA) is 52.6 Å². The standard InChI is InChI=1S/C14H24Cl2O4/c1-3-5-7-9-19-13(17)11(15)12(16)14(18)20-10-8-6-4-2/h11-12H,3-10H2,1-2H3. The van der Waals surface area contributed by atoms with Crippen LogP contribution >= 0.6 is 23.2 Å². The van der Waals surface area contributed by atoms with Crippen molar-refractivity contribution in [2.75, 3.05) is 13.2 Å². The van der Waals surface area contributed by atoms with E-state index in [0.29, 0.717) is 13.2 Å². The van der Waals surface area contributed by atoms with Crippen LogP contribution in [0.25, 0.3) is 0 Å². The van der Waals surface area contributed by atoms with Crippen molar-refractivity contribution in [1.29, 1.82) is 0 Å². The lowest BCUT2D eigenvalue weighted by molar-refractivity contribution is -0.149. The maximum Gasteiger partial charge on any atom is 0.326 e. The Bertz CT molecular complexity index is 256. The zero-order valence-corrected chi connectivity index (χ0v) is 13.7. The second kappa shape index (κ2) is 12.3. The Morgan fingerprint density at radius 3 is 1.45 bits per heavy atom. The Labute approximate surface area is 131 Å². The molecule has 0 aromatic heterocycles. The van der Waals surface area contributed by atoms with Gasteiger partial charge in [-0.25, -0.2) is 0 Å². The summed E-state index contributed by atoms with van der Waals surface area (Å²) in [6.07, 6.45) is 5.57. The van der Waals surface area contributed by atoms with Crippen LogP contribution in [0, 0.1) is 0 Å². The summed E-state index contributed by atoms with van der Waals surface area (Å²) in [5.74, 6) is -1.35. The number of rotatable bonds is 11. The van der Waals surface area contributed by atoms with Gasteiger partial charge in [0.05, 0.1) is 13.2 Å². The molecule has 0 spiro atoms. The molecule has 0 aliphatic carbocycles. The summed E-state index contributed by atoms with van der Waals surface area (Å²) in [5, 5.41) is -2.42. The summed E-state index contributed by atoms with van der Waals surface area (Å²) >= 11 is 11.6. The van der Waals surface area contributed by atoms with Crippen LogP contribution in [-0.2, 0) is 19.1 Å². The van der Waals surface area contributed by atoms with E-state index in [9.17, 15) is 9.59 Å². The minimum Gasteiger partial charge on any atom is -0.465 e. The highest BCUT2D eigenvalue weighted by Gasteiger charge is 2.32. The van der Waals surface area contributed by atoms with Gasteiger partial charge >= 0.3 is 11.9 Å². The normalized spacial score (nSPS) is 13.6. The SMILES string of the molecule is CCCCCOC(=O)C(Cl)C(Cl)C(=O)OCCCCC. The van der Waals surface area contributed by atoms with Gasteiger partial charge in [-0.15, -0.1) is 23.2 Å². The second-order valence-corrected chi connectivity index (χ2v) is 5.49. The van der Waals surface area contributed by atoms with E-state index in [4.69, 9.17) is 32.7 Å². The first kappa shape index (κ1) is 19.5. The zero-order chi connectivity index (χ0) is 15.4. The zero-order valence-electron chi connectivity index (χ0n) is 12.2. The lowest BCUT2D eigenvalue weighted by atomic mass is 10.2. The molecule has 2 atom stereocenters. The average molecular weight is 327 g/mol. The van der Waals surface area contributed by atoms with Crippen LogP contribution in [0.1, 0.15) is 52.4 Å². The fourth-order valence-electron chi connectivity index (χ4n) is 1.45. The van der Waals surface area contributed by atoms with Crippen molar-refractivity contribution in [3.63, 3.8) is 0 Å². The highest BCUT2D eigenvalue weighted by atomic mass is 35.5. The van der Waals surface area contributed by atoms with Crippen LogP contribution in [0.4, 0.5) is 0 Å². The van der Waals surface area contributed by atoms with Crippen LogP contribution in [-0.4, -0.2) is 35.9 Å². The molecule has 0 N–H and O–H groups in total. The maximum atomic E-state index is 11.6. The third-order valence-corrected chi connectivity index (χ3v) is 3.68. The lowest BCUT2D eigenvalue weighted by Crippen LogP contribution is -2.34. The number of hydrogen-bond donors (Lipinski definition) is 0. The van der Waals surface area contributed by atoms with Crippen LogP contribution in [0.3, 0.4) is 0 Å². The maximum absolute atomic E-state index is 11.6. The van der Waals surface area contributed by atoms with E-state index < -0.39 is 22.7 Å². The summed E-state index contributed by atoms with van der Waals surface area (Å²) in [7, 11) is 0. The quantitative estimate of drug-likeness (QED) is 0.330. The molecule has 0 saturated carbocycles. The third-order valence-electron chi connectivity index (χ3n) is 2.69. The van der Waals surface area contributed by atoms with E-state index in [1.54, 1.807) is 0 Å². The Kier molecular flexibility index (Phi) is 12.0. The molecule has 0 aromatic carbocycles. The van der Waals surface area contributed by atoms with Gasteiger partial charge in [0.15, 0.2) is 10.8 Å². The first-order valence-corrected chi connectivity index (χ1v) is 8.03. The van der Waals surface area contributed by atoms with Crippen molar-refractivity contribution >= 4 is 35.1 Å². The molecular weight excluding hydrogens is 303 g/mol. The summed E-state index contributed by atoms with van der Waals surface area (Å²) in [6, 6.07) is 0. The number of unbranched alkanes of at least 4 members (excludes halogenated alkanes) is 4. The number of esters is 2. The van der Waals surface area contributed by atoms with Crippen molar-refractivity contribution in [3.05, 3.63) is 0 Å². The van der Waals surface area contributed by atoms with Crippen molar-refractivity contribution in [3.8, 4) is 0 Å². The minimum atomic E-state index is -1.21. The van der Waals surface area contributed by atoms with Gasteiger partial charge in [-0.05, 0) is 12.8 Å². The van der Waals surface area contributed by atoms with Gasteiger partial charge in [0.1, 0.15) is 0 Å². The highest BCUT2D eigenvalue weighted by Crippen LogP contribution is 2.14. The molecule has 0 rings (SSSR count). The van der Waals surface area contributed by atoms with Crippen LogP contribution in [0.5, 0.6) is 0 Å². The molecule has 0 heterocycles. The van der Waals surface area contributed by atoms with Crippen LogP contribution in [0.15, 0.2) is 0 Å². The smallest absolute Gasteiger partial charge is 0.326 e. The number of alkyl halides is 2. The van der Waals surface area contributed by atoms with Crippen molar-refractivity contribution < 1.29 is 19.1 Å². The molecule has 20 heavy (non-hydrogen) atoms. The fraction of sp³-hybridized carbons (Fsp3) is 0.857. The van der Waals surface area contributed by atoms with Gasteiger partial charge < -0.3 is 9.47 Å². The largest absolute Gasteiger partial charge is 0.465 e. The van der Waals surface area contributed by atoms with Crippen LogP contribution < -0.4 is 0 Å². The molecule has 0 fully saturated rings. The molecule has 0 radical (unpaired) electrons. The van der Waals surface area contributed by atoms with Gasteiger partial charge in [0, 0.05) is 0 Å². The predicted molar refractivity (Wildman–Crippen MR) is 80.3 cm³/mol. The second-order valence-electron chi connectivity index (χ2n) is 4.55. The molecule has 4 nitrogen and oxygen atoms in total. The molecule has 0 amide bonds. The van der Waals surface area contributed by atoms with Gasteiger partial charge in [0.2, 0.25) is 0 Å². The number of halogens is 2. The number of ether oxygens (including phenoxy) is 2. The summed E-state index contributed by atoms with van der Waals surface area (Å²) in [5.41, 5.74) is 0. The lowest BCUT2D eigenvalue weighted by Gasteiger charge is -2.14. The first-order valence-electron chi connectivity index (χ1n) is 7.16. The molecule has 118 valence electrons. The molecule has 6 heteroatoms. The summed E-state index contributed by atoms with van der Waals surface area (Å²) < 4.78 is 9.91. The molecule has 0 aromatic rings. The van der Waals surface area contributed by atoms with E-state index >= 15 is 0 Å². The van der Waals surface area contributed by atoms with Gasteiger partial charge in [-0.2, -0.15) is 0 Å². The van der Waals surface area contributed by atoms with E-state index in [1.165, 1.54) is 0 Å². The van der Waals surface area contributed by atoms with Crippen molar-refractivity contribution in [2.24, 2.45) is 0 Å². The Morgan fingerprint density at radius 1 is 0.800 bits per heavy atom. The van der Waals surface area contributed by atoms with Crippen LogP contribution in [0.2, 0.25) is 0 Å². The Hall–Kier alpha value is -0.480. The molecular formula is C14H24Cl2O4. The average Bonchev–Trinajstić information content (AvgIpc) is 2.46. The van der Waals surface area contributed by atoms with E-state index in [-0.39, 0.29) is 0 Å². The molecule has 0 aliphatic rings. The molecule has 0 saturated heterocycles. The molecule has 2 unspecified atom stereocenters. The van der Waals surface area contributed by atoms with E-state index in [2.05, 4.69) is 13.8 Å². The summed E-state index contributed by atoms with van der Waals surface area (Å²) in [6.45, 7) is 4.70. The number of carbonyl (C=O) groups excluding carboxylic acids is 2. The van der Waals surface area contributed by atoms with Crippen molar-refractivity contribution in [2.45, 2.75) is 63.1 Å².